The lowest BCUT2D eigenvalue weighted by molar-refractivity contribution is 0.179. The summed E-state index contributed by atoms with van der Waals surface area (Å²) in [7, 11) is 1.89. The van der Waals surface area contributed by atoms with Gasteiger partial charge in [-0.25, -0.2) is 0 Å². The zero-order chi connectivity index (χ0) is 20.2. The van der Waals surface area contributed by atoms with E-state index in [0.29, 0.717) is 22.6 Å². The highest BCUT2D eigenvalue weighted by atomic mass is 35.5. The maximum absolute atomic E-state index is 6.05. The number of hydrogen-bond acceptors (Lipinski definition) is 3. The lowest BCUT2D eigenvalue weighted by Gasteiger charge is -2.34. The van der Waals surface area contributed by atoms with Gasteiger partial charge in [-0.1, -0.05) is 23.2 Å². The predicted octanol–water partition coefficient (Wildman–Crippen LogP) is 4.14. The van der Waals surface area contributed by atoms with E-state index in [1.807, 2.05) is 19.2 Å². The van der Waals surface area contributed by atoms with Crippen LogP contribution >= 0.6 is 23.2 Å². The third-order valence-electron chi connectivity index (χ3n) is 6.38. The second kappa shape index (κ2) is 9.76. The number of halogens is 2. The number of likely N-dealkylation sites (tertiary alicyclic amines) is 2. The lowest BCUT2D eigenvalue weighted by Crippen LogP contribution is -2.47. The number of ether oxygens (including phenoxy) is 1. The van der Waals surface area contributed by atoms with Crippen LogP contribution in [0, 0.1) is 11.8 Å². The van der Waals surface area contributed by atoms with Crippen LogP contribution in [-0.4, -0.2) is 68.2 Å². The Kier molecular flexibility index (Phi) is 7.09. The van der Waals surface area contributed by atoms with Crippen LogP contribution in [0.3, 0.4) is 0 Å². The molecule has 5 nitrogen and oxygen atoms in total. The molecule has 3 aliphatic rings. The molecule has 1 saturated carbocycles. The average Bonchev–Trinajstić information content (AvgIpc) is 3.45. The summed E-state index contributed by atoms with van der Waals surface area (Å²) in [5, 5.41) is 4.86. The zero-order valence-corrected chi connectivity index (χ0v) is 18.8. The van der Waals surface area contributed by atoms with E-state index in [4.69, 9.17) is 27.9 Å². The van der Waals surface area contributed by atoms with Gasteiger partial charge >= 0.3 is 0 Å². The zero-order valence-electron chi connectivity index (χ0n) is 17.2. The van der Waals surface area contributed by atoms with Crippen LogP contribution in [0.1, 0.15) is 32.1 Å². The van der Waals surface area contributed by atoms with E-state index in [2.05, 4.69) is 20.1 Å². The number of rotatable bonds is 6. The van der Waals surface area contributed by atoms with Crippen LogP contribution in [-0.2, 0) is 0 Å². The van der Waals surface area contributed by atoms with Gasteiger partial charge in [0.25, 0.3) is 0 Å². The molecule has 7 heteroatoms. The molecule has 4 rings (SSSR count). The molecular formula is C22H32Cl2N4O. The molecule has 1 N–H and O–H groups in total. The molecule has 0 aromatic heterocycles. The van der Waals surface area contributed by atoms with Gasteiger partial charge in [0.1, 0.15) is 5.75 Å². The Hall–Kier alpha value is -1.17. The Morgan fingerprint density at radius 1 is 1.03 bits per heavy atom. The molecule has 29 heavy (non-hydrogen) atoms. The van der Waals surface area contributed by atoms with Crippen LogP contribution < -0.4 is 10.1 Å². The van der Waals surface area contributed by atoms with E-state index in [1.54, 1.807) is 6.07 Å². The minimum atomic E-state index is 0.545. The third kappa shape index (κ3) is 5.93. The van der Waals surface area contributed by atoms with Crippen LogP contribution in [0.2, 0.25) is 10.0 Å². The van der Waals surface area contributed by atoms with E-state index in [9.17, 15) is 0 Å². The molecule has 0 radical (unpaired) electrons. The maximum atomic E-state index is 6.05. The third-order valence-corrected chi connectivity index (χ3v) is 6.81. The van der Waals surface area contributed by atoms with E-state index in [0.717, 1.165) is 56.1 Å². The molecule has 160 valence electrons. The number of guanidine groups is 1. The summed E-state index contributed by atoms with van der Waals surface area (Å²) in [6.07, 6.45) is 6.34. The SMILES string of the molecule is CN=C(NCC1CCN(C2CC2)C1)N1CCC(COc2cc(Cl)cc(Cl)c2)CC1. The molecule has 2 heterocycles. The Labute approximate surface area is 184 Å². The lowest BCUT2D eigenvalue weighted by atomic mass is 9.98. The summed E-state index contributed by atoms with van der Waals surface area (Å²) in [5.74, 6) is 3.10. The number of nitrogens with zero attached hydrogens (tertiary/aromatic N) is 3. The van der Waals surface area contributed by atoms with Crippen molar-refractivity contribution in [2.24, 2.45) is 16.8 Å². The second-order valence-electron chi connectivity index (χ2n) is 8.66. The summed E-state index contributed by atoms with van der Waals surface area (Å²) in [6, 6.07) is 6.26. The molecule has 0 bridgehead atoms. The van der Waals surface area contributed by atoms with Gasteiger partial charge in [0.2, 0.25) is 0 Å². The van der Waals surface area contributed by atoms with Gasteiger partial charge in [0.15, 0.2) is 5.96 Å². The molecule has 0 amide bonds. The summed E-state index contributed by atoms with van der Waals surface area (Å²) < 4.78 is 5.94. The van der Waals surface area contributed by atoms with Gasteiger partial charge in [0.05, 0.1) is 6.61 Å². The number of nitrogens with one attached hydrogen (secondary N) is 1. The van der Waals surface area contributed by atoms with E-state index in [1.165, 1.54) is 32.4 Å². The summed E-state index contributed by atoms with van der Waals surface area (Å²) >= 11 is 12.1. The quantitative estimate of drug-likeness (QED) is 0.534. The first-order chi connectivity index (χ1) is 14.1. The molecule has 1 aliphatic carbocycles. The standard InChI is InChI=1S/C22H32Cl2N4O/c1-25-22(26-13-17-6-9-28(14-17)20-2-3-20)27-7-4-16(5-8-27)15-29-21-11-18(23)10-19(24)12-21/h10-12,16-17,20H,2-9,13-15H2,1H3,(H,25,26). The van der Waals surface area contributed by atoms with Crippen LogP contribution in [0.4, 0.5) is 0 Å². The van der Waals surface area contributed by atoms with E-state index < -0.39 is 0 Å². The van der Waals surface area contributed by atoms with E-state index >= 15 is 0 Å². The van der Waals surface area contributed by atoms with Crippen molar-refractivity contribution in [2.45, 2.75) is 38.1 Å². The van der Waals surface area contributed by atoms with Crippen molar-refractivity contribution >= 4 is 29.2 Å². The molecule has 1 aromatic rings. The molecule has 0 spiro atoms. The highest BCUT2D eigenvalue weighted by Gasteiger charge is 2.34. The highest BCUT2D eigenvalue weighted by molar-refractivity contribution is 6.34. The normalized spacial score (nSPS) is 24.2. The fourth-order valence-corrected chi connectivity index (χ4v) is 5.01. The molecule has 1 atom stereocenters. The highest BCUT2D eigenvalue weighted by Crippen LogP contribution is 2.31. The molecule has 3 fully saturated rings. The fourth-order valence-electron chi connectivity index (χ4n) is 4.51. The molecule has 1 aromatic carbocycles. The number of benzene rings is 1. The summed E-state index contributed by atoms with van der Waals surface area (Å²) in [5.41, 5.74) is 0. The van der Waals surface area contributed by atoms with Gasteiger partial charge in [-0.05, 0) is 68.7 Å². The van der Waals surface area contributed by atoms with Crippen molar-refractivity contribution in [3.05, 3.63) is 28.2 Å². The average molecular weight is 439 g/mol. The molecular weight excluding hydrogens is 407 g/mol. The van der Waals surface area contributed by atoms with Crippen LogP contribution in [0.25, 0.3) is 0 Å². The predicted molar refractivity (Wildman–Crippen MR) is 120 cm³/mol. The first-order valence-electron chi connectivity index (χ1n) is 10.9. The number of piperidine rings is 1. The van der Waals surface area contributed by atoms with Crippen molar-refractivity contribution in [2.75, 3.05) is 46.4 Å². The van der Waals surface area contributed by atoms with E-state index in [-0.39, 0.29) is 0 Å². The largest absolute Gasteiger partial charge is 0.493 e. The monoisotopic (exact) mass is 438 g/mol. The van der Waals surface area contributed by atoms with Gasteiger partial charge in [0, 0.05) is 49.3 Å². The Morgan fingerprint density at radius 3 is 2.38 bits per heavy atom. The van der Waals surface area contributed by atoms with Crippen molar-refractivity contribution in [1.29, 1.82) is 0 Å². The van der Waals surface area contributed by atoms with Gasteiger partial charge in [-0.2, -0.15) is 0 Å². The smallest absolute Gasteiger partial charge is 0.193 e. The summed E-state index contributed by atoms with van der Waals surface area (Å²) in [6.45, 7) is 6.30. The minimum absolute atomic E-state index is 0.545. The first-order valence-corrected chi connectivity index (χ1v) is 11.6. The molecule has 2 saturated heterocycles. The minimum Gasteiger partial charge on any atom is -0.493 e. The van der Waals surface area contributed by atoms with Crippen LogP contribution in [0.15, 0.2) is 23.2 Å². The van der Waals surface area contributed by atoms with Gasteiger partial charge in [-0.3, -0.25) is 4.99 Å². The van der Waals surface area contributed by atoms with Gasteiger partial charge in [-0.15, -0.1) is 0 Å². The second-order valence-corrected chi connectivity index (χ2v) is 9.53. The number of aliphatic imine (C=N–C) groups is 1. The van der Waals surface area contributed by atoms with Crippen molar-refractivity contribution < 1.29 is 4.74 Å². The fraction of sp³-hybridized carbons (Fsp3) is 0.682. The van der Waals surface area contributed by atoms with Gasteiger partial charge < -0.3 is 19.9 Å². The Bertz CT molecular complexity index is 697. The Balaban J connectivity index is 1.18. The maximum Gasteiger partial charge on any atom is 0.193 e. The van der Waals surface area contributed by atoms with Crippen molar-refractivity contribution in [3.8, 4) is 5.75 Å². The first kappa shape index (κ1) is 21.1. The molecule has 2 aliphatic heterocycles. The summed E-state index contributed by atoms with van der Waals surface area (Å²) in [4.78, 5) is 9.60. The van der Waals surface area contributed by atoms with Crippen LogP contribution in [0.5, 0.6) is 5.75 Å². The van der Waals surface area contributed by atoms with Crippen molar-refractivity contribution in [1.82, 2.24) is 15.1 Å². The van der Waals surface area contributed by atoms with Crippen molar-refractivity contribution in [3.63, 3.8) is 0 Å². The Morgan fingerprint density at radius 2 is 1.72 bits per heavy atom. The molecule has 1 unspecified atom stereocenters. The topological polar surface area (TPSA) is 40.1 Å². The number of hydrogen-bond donors (Lipinski definition) is 1.